The van der Waals surface area contributed by atoms with E-state index < -0.39 is 0 Å². The molecule has 0 aromatic rings. The Hall–Kier alpha value is -0.640. The van der Waals surface area contributed by atoms with E-state index in [-0.39, 0.29) is 12.4 Å². The van der Waals surface area contributed by atoms with Gasteiger partial charge in [0.05, 0.1) is 12.2 Å². The smallest absolute Gasteiger partial charge is 0.157 e. The molecule has 0 amide bonds. The summed E-state index contributed by atoms with van der Waals surface area (Å²) in [6, 6.07) is 0. The minimum Gasteiger partial charge on any atom is -0.393 e. The van der Waals surface area contributed by atoms with Crippen LogP contribution < -0.4 is 0 Å². The predicted molar refractivity (Wildman–Crippen MR) is 147 cm³/mol. The Bertz CT molecular complexity index is 838. The number of allylic oxidation sites excluding steroid dienone is 3. The molecule has 3 nitrogen and oxygen atoms in total. The van der Waals surface area contributed by atoms with Gasteiger partial charge in [0.2, 0.25) is 0 Å². The highest BCUT2D eigenvalue weighted by Gasteiger charge is 2.57. The summed E-state index contributed by atoms with van der Waals surface area (Å²) in [6.45, 7) is 15.2. The number of hydrogen-bond acceptors (Lipinski definition) is 3. The van der Waals surface area contributed by atoms with Crippen LogP contribution in [0.1, 0.15) is 112 Å². The molecule has 3 heteroatoms. The molecule has 0 aromatic carbocycles. The first-order chi connectivity index (χ1) is 17.1. The van der Waals surface area contributed by atoms with Crippen molar-refractivity contribution in [2.45, 2.75) is 131 Å². The second-order valence-electron chi connectivity index (χ2n) is 14.3. The molecule has 0 aromatic heterocycles. The standard InChI is InChI=1S/C33H54O3/c1-21(2)23(4)30(34)19-22(3)27-12-13-28-26-11-10-24-20-25(36-31-9-7-8-18-35-31)14-16-32(24,5)29(26)15-17-33(27,28)6/h10-11,21-23,25,27-31,34H,7-9,12-20H2,1-6H3/t22-,23-,25+,27-,28+,29+,30+,31?,32+,33-/m1/s1. The van der Waals surface area contributed by atoms with Gasteiger partial charge in [-0.1, -0.05) is 64.8 Å². The molecule has 0 bridgehead atoms. The van der Waals surface area contributed by atoms with Gasteiger partial charge < -0.3 is 14.6 Å². The van der Waals surface area contributed by atoms with E-state index >= 15 is 0 Å². The maximum absolute atomic E-state index is 10.9. The third-order valence-corrected chi connectivity index (χ3v) is 12.0. The van der Waals surface area contributed by atoms with E-state index in [1.54, 1.807) is 11.1 Å². The van der Waals surface area contributed by atoms with Gasteiger partial charge in [0.1, 0.15) is 0 Å². The molecule has 36 heavy (non-hydrogen) atoms. The van der Waals surface area contributed by atoms with Crippen molar-refractivity contribution in [3.8, 4) is 0 Å². The van der Waals surface area contributed by atoms with Crippen molar-refractivity contribution in [3.63, 3.8) is 0 Å². The first-order valence-electron chi connectivity index (χ1n) is 15.5. The van der Waals surface area contributed by atoms with E-state index in [4.69, 9.17) is 9.47 Å². The average molecular weight is 499 g/mol. The van der Waals surface area contributed by atoms with Gasteiger partial charge in [-0.25, -0.2) is 0 Å². The van der Waals surface area contributed by atoms with Gasteiger partial charge in [-0.15, -0.1) is 0 Å². The SMILES string of the molecule is CC(C)[C@@H](C)[C@@H](O)C[C@@H](C)[C@H]1CC[C@H]2C3=CC=C4C[C@@H](OC5CCCCO5)CC[C@]4(C)[C@H]3CC[C@]12C. The fourth-order valence-electron chi connectivity index (χ4n) is 9.30. The van der Waals surface area contributed by atoms with Gasteiger partial charge in [0.25, 0.3) is 0 Å². The van der Waals surface area contributed by atoms with E-state index in [1.807, 2.05) is 0 Å². The molecule has 1 heterocycles. The van der Waals surface area contributed by atoms with Crippen molar-refractivity contribution in [1.29, 1.82) is 0 Å². The number of fused-ring (bicyclic) bond motifs is 5. The van der Waals surface area contributed by atoms with Crippen LogP contribution in [0.2, 0.25) is 0 Å². The highest BCUT2D eigenvalue weighted by molar-refractivity contribution is 5.39. The van der Waals surface area contributed by atoms with Crippen LogP contribution in [-0.4, -0.2) is 30.2 Å². The summed E-state index contributed by atoms with van der Waals surface area (Å²) in [5, 5.41) is 10.9. The molecule has 4 aliphatic carbocycles. The molecule has 1 aliphatic heterocycles. The molecule has 0 spiro atoms. The largest absolute Gasteiger partial charge is 0.393 e. The zero-order valence-corrected chi connectivity index (χ0v) is 24.1. The summed E-state index contributed by atoms with van der Waals surface area (Å²) in [7, 11) is 0. The van der Waals surface area contributed by atoms with Crippen molar-refractivity contribution in [3.05, 3.63) is 23.3 Å². The van der Waals surface area contributed by atoms with Gasteiger partial charge >= 0.3 is 0 Å². The number of hydrogen-bond donors (Lipinski definition) is 1. The van der Waals surface area contributed by atoms with E-state index in [1.165, 1.54) is 51.4 Å². The van der Waals surface area contributed by atoms with Crippen LogP contribution in [0.3, 0.4) is 0 Å². The number of aliphatic hydroxyl groups is 1. The normalized spacial score (nSPS) is 43.1. The lowest BCUT2D eigenvalue weighted by Gasteiger charge is -2.55. The topological polar surface area (TPSA) is 38.7 Å². The Balaban J connectivity index is 1.29. The molecule has 5 aliphatic rings. The lowest BCUT2D eigenvalue weighted by atomic mass is 9.50. The van der Waals surface area contributed by atoms with E-state index in [9.17, 15) is 5.11 Å². The summed E-state index contributed by atoms with van der Waals surface area (Å²) >= 11 is 0. The van der Waals surface area contributed by atoms with Gasteiger partial charge in [-0.2, -0.15) is 0 Å². The fraction of sp³-hybridized carbons (Fsp3) is 0.879. The second-order valence-corrected chi connectivity index (χ2v) is 14.3. The number of aliphatic hydroxyl groups excluding tert-OH is 1. The monoisotopic (exact) mass is 498 g/mol. The number of rotatable bonds is 7. The molecular weight excluding hydrogens is 444 g/mol. The van der Waals surface area contributed by atoms with E-state index in [2.05, 4.69) is 53.7 Å². The maximum atomic E-state index is 10.9. The van der Waals surface area contributed by atoms with Gasteiger partial charge in [0, 0.05) is 6.61 Å². The summed E-state index contributed by atoms with van der Waals surface area (Å²) in [5.74, 6) is 3.68. The molecule has 0 radical (unpaired) electrons. The summed E-state index contributed by atoms with van der Waals surface area (Å²) in [5.41, 5.74) is 4.12. The molecule has 4 fully saturated rings. The summed E-state index contributed by atoms with van der Waals surface area (Å²) < 4.78 is 12.3. The van der Waals surface area contributed by atoms with E-state index in [0.29, 0.717) is 40.6 Å². The zero-order valence-electron chi connectivity index (χ0n) is 24.1. The van der Waals surface area contributed by atoms with E-state index in [0.717, 1.165) is 37.7 Å². The van der Waals surface area contributed by atoms with Crippen LogP contribution in [0.5, 0.6) is 0 Å². The Kier molecular flexibility index (Phi) is 7.86. The maximum Gasteiger partial charge on any atom is 0.157 e. The quantitative estimate of drug-likeness (QED) is 0.385. The highest BCUT2D eigenvalue weighted by Crippen LogP contribution is 2.66. The first kappa shape index (κ1) is 26.9. The molecule has 1 N–H and O–H groups in total. The van der Waals surface area contributed by atoms with Gasteiger partial charge in [0.15, 0.2) is 6.29 Å². The molecule has 1 unspecified atom stereocenters. The van der Waals surface area contributed by atoms with Crippen molar-refractivity contribution in [1.82, 2.24) is 0 Å². The summed E-state index contributed by atoms with van der Waals surface area (Å²) in [6.07, 6.45) is 18.6. The Labute approximate surface area is 221 Å². The van der Waals surface area contributed by atoms with Crippen LogP contribution in [0, 0.1) is 46.3 Å². The van der Waals surface area contributed by atoms with Crippen LogP contribution in [0.25, 0.3) is 0 Å². The lowest BCUT2D eigenvalue weighted by molar-refractivity contribution is -0.193. The molecule has 1 saturated heterocycles. The molecule has 3 saturated carbocycles. The fourth-order valence-corrected chi connectivity index (χ4v) is 9.30. The molecular formula is C33H54O3. The summed E-state index contributed by atoms with van der Waals surface area (Å²) in [4.78, 5) is 0. The first-order valence-corrected chi connectivity index (χ1v) is 15.5. The van der Waals surface area contributed by atoms with Crippen molar-refractivity contribution in [2.75, 3.05) is 6.61 Å². The minimum atomic E-state index is -0.172. The van der Waals surface area contributed by atoms with Gasteiger partial charge in [-0.3, -0.25) is 0 Å². The van der Waals surface area contributed by atoms with Gasteiger partial charge in [-0.05, 0) is 117 Å². The third-order valence-electron chi connectivity index (χ3n) is 12.0. The Morgan fingerprint density at radius 2 is 1.78 bits per heavy atom. The average Bonchev–Trinajstić information content (AvgIpc) is 3.21. The number of ether oxygens (including phenoxy) is 2. The second kappa shape index (κ2) is 10.5. The molecule has 5 rings (SSSR count). The lowest BCUT2D eigenvalue weighted by Crippen LogP contribution is -2.47. The zero-order chi connectivity index (χ0) is 25.7. The van der Waals surface area contributed by atoms with Crippen LogP contribution in [0.4, 0.5) is 0 Å². The van der Waals surface area contributed by atoms with Crippen molar-refractivity contribution >= 4 is 0 Å². The van der Waals surface area contributed by atoms with Crippen LogP contribution in [0.15, 0.2) is 23.3 Å². The van der Waals surface area contributed by atoms with Crippen LogP contribution >= 0.6 is 0 Å². The third kappa shape index (κ3) is 4.79. The Morgan fingerprint density at radius 3 is 2.50 bits per heavy atom. The minimum absolute atomic E-state index is 0.0262. The molecule has 10 atom stereocenters. The van der Waals surface area contributed by atoms with Crippen molar-refractivity contribution in [2.24, 2.45) is 46.3 Å². The Morgan fingerprint density at radius 1 is 0.972 bits per heavy atom. The van der Waals surface area contributed by atoms with Crippen LogP contribution in [-0.2, 0) is 9.47 Å². The van der Waals surface area contributed by atoms with Crippen molar-refractivity contribution < 1.29 is 14.6 Å². The highest BCUT2D eigenvalue weighted by atomic mass is 16.7. The molecule has 204 valence electrons. The predicted octanol–water partition coefficient (Wildman–Crippen LogP) is 8.08.